The molecule has 226 valence electrons. The van der Waals surface area contributed by atoms with Gasteiger partial charge in [0.1, 0.15) is 34.2 Å². The number of Topliss-reactive ketones (excluding diaryl/α,β-unsaturated/α-hetero) is 1. The number of halogens is 1. The zero-order valence-electron chi connectivity index (χ0n) is 25.2. The predicted octanol–water partition coefficient (Wildman–Crippen LogP) is 4.60. The van der Waals surface area contributed by atoms with Crippen molar-refractivity contribution < 1.29 is 33.6 Å². The number of amides is 1. The second-order valence-electron chi connectivity index (χ2n) is 10.7. The van der Waals surface area contributed by atoms with Crippen molar-refractivity contribution in [3.8, 4) is 0 Å². The van der Waals surface area contributed by atoms with Gasteiger partial charge in [0.2, 0.25) is 0 Å². The Morgan fingerprint density at radius 3 is 1.22 bits per heavy atom. The van der Waals surface area contributed by atoms with Crippen molar-refractivity contribution in [2.24, 2.45) is 0 Å². The summed E-state index contributed by atoms with van der Waals surface area (Å²) in [6.07, 6.45) is 0.139. The van der Waals surface area contributed by atoms with Crippen molar-refractivity contribution in [2.75, 3.05) is 0 Å². The second-order valence-corrected chi connectivity index (χ2v) is 14.0. The highest BCUT2D eigenvalue weighted by Crippen LogP contribution is 2.67. The van der Waals surface area contributed by atoms with Gasteiger partial charge in [0.25, 0.3) is 5.91 Å². The minimum atomic E-state index is -2.80. The molecule has 0 spiro atoms. The summed E-state index contributed by atoms with van der Waals surface area (Å²) in [6, 6.07) is 60.0. The Kier molecular flexibility index (Phi) is 11.1. The predicted molar refractivity (Wildman–Crippen MR) is 188 cm³/mol. The maximum atomic E-state index is 14.8. The van der Waals surface area contributed by atoms with Gasteiger partial charge in [0, 0.05) is 17.5 Å². The average molecular weight is 730 g/mol. The Balaban J connectivity index is 0.00000417. The van der Waals surface area contributed by atoms with Gasteiger partial charge in [-0.25, -0.2) is 0 Å². The minimum absolute atomic E-state index is 0. The van der Waals surface area contributed by atoms with Crippen LogP contribution in [0.5, 0.6) is 0 Å². The minimum Gasteiger partial charge on any atom is -1.00 e. The largest absolute Gasteiger partial charge is 1.00 e. The summed E-state index contributed by atoms with van der Waals surface area (Å²) in [5.74, 6) is -0.482. The number of rotatable bonds is 10. The lowest BCUT2D eigenvalue weighted by Gasteiger charge is -2.31. The van der Waals surface area contributed by atoms with Gasteiger partial charge in [-0.3, -0.25) is 9.59 Å². The molecule has 0 aliphatic carbocycles. The van der Waals surface area contributed by atoms with Crippen LogP contribution in [0.4, 0.5) is 0 Å². The molecule has 1 amide bonds. The zero-order valence-corrected chi connectivity index (χ0v) is 28.2. The molecule has 0 radical (unpaired) electrons. The smallest absolute Gasteiger partial charge is 0.255 e. The summed E-state index contributed by atoms with van der Waals surface area (Å²) in [5.41, 5.74) is 2.55. The Labute approximate surface area is 288 Å². The van der Waals surface area contributed by atoms with Crippen LogP contribution in [0.3, 0.4) is 0 Å². The molecule has 0 bridgehead atoms. The fraction of sp³-hybridized carbons (Fsp3) is 0.0244. The van der Waals surface area contributed by atoms with Crippen molar-refractivity contribution >= 4 is 40.2 Å². The first kappa shape index (κ1) is 32.7. The number of hydrogen-bond acceptors (Lipinski definition) is 2. The lowest BCUT2D eigenvalue weighted by molar-refractivity contribution is -0.115. The van der Waals surface area contributed by atoms with E-state index in [2.05, 4.69) is 41.7 Å². The van der Waals surface area contributed by atoms with E-state index in [1.807, 2.05) is 133 Å². The first-order valence-electron chi connectivity index (χ1n) is 15.0. The van der Waals surface area contributed by atoms with Crippen molar-refractivity contribution in [1.29, 1.82) is 0 Å². The molecule has 5 heteroatoms. The van der Waals surface area contributed by atoms with E-state index in [0.29, 0.717) is 11.3 Å². The molecule has 0 unspecified atom stereocenters. The number of carbonyl (C=O) groups excluding carboxylic acids is 2. The molecule has 6 rings (SSSR count). The SMILES string of the molecule is O=C(Cc1ccccc1)/C(NC(=O)c1ccccc1)=C(\c1ccccc1)[P+](c1ccccc1)(c1ccccc1)c1ccccc1.[I-]. The summed E-state index contributed by atoms with van der Waals surface area (Å²) >= 11 is 0. The van der Waals surface area contributed by atoms with E-state index in [0.717, 1.165) is 32.4 Å². The van der Waals surface area contributed by atoms with E-state index in [1.165, 1.54) is 0 Å². The molecule has 0 aromatic heterocycles. The van der Waals surface area contributed by atoms with Crippen molar-refractivity contribution in [1.82, 2.24) is 5.32 Å². The third kappa shape index (κ3) is 6.94. The number of nitrogens with one attached hydrogen (secondary N) is 1. The van der Waals surface area contributed by atoms with Gasteiger partial charge in [-0.2, -0.15) is 0 Å². The first-order chi connectivity index (χ1) is 22.2. The number of ketones is 1. The molecule has 0 saturated heterocycles. The average Bonchev–Trinajstić information content (AvgIpc) is 3.12. The highest BCUT2D eigenvalue weighted by molar-refractivity contribution is 8.03. The molecule has 0 aliphatic rings. The van der Waals surface area contributed by atoms with Gasteiger partial charge in [-0.15, -0.1) is 0 Å². The topological polar surface area (TPSA) is 46.2 Å². The molecular weight excluding hydrogens is 696 g/mol. The van der Waals surface area contributed by atoms with Gasteiger partial charge in [0.05, 0.1) is 0 Å². The van der Waals surface area contributed by atoms with Gasteiger partial charge in [0.15, 0.2) is 5.78 Å². The van der Waals surface area contributed by atoms with Crippen molar-refractivity contribution in [3.05, 3.63) is 204 Å². The van der Waals surface area contributed by atoms with Crippen LogP contribution < -0.4 is 45.2 Å². The summed E-state index contributed by atoms with van der Waals surface area (Å²) in [4.78, 5) is 28.8. The molecule has 0 saturated carbocycles. The fourth-order valence-electron chi connectivity index (χ4n) is 5.80. The number of benzene rings is 6. The van der Waals surface area contributed by atoms with Crippen LogP contribution >= 0.6 is 7.26 Å². The standard InChI is InChI=1S/C41H32NO2P.HI/c43-38(31-32-19-7-1-8-20-32)39(42-41(44)34-23-11-3-12-24-34)40(33-21-9-2-10-22-33)45(35-25-13-4-14-26-35,36-27-15-5-16-28-36)37-29-17-6-18-30-37;/h1-30H,31H2;1H/b40-39-;. The van der Waals surface area contributed by atoms with E-state index in [-0.39, 0.29) is 42.1 Å². The molecule has 0 fully saturated rings. The van der Waals surface area contributed by atoms with E-state index in [9.17, 15) is 9.59 Å². The van der Waals surface area contributed by atoms with Crippen LogP contribution in [0.15, 0.2) is 188 Å². The van der Waals surface area contributed by atoms with Crippen molar-refractivity contribution in [3.63, 3.8) is 0 Å². The van der Waals surface area contributed by atoms with E-state index < -0.39 is 7.26 Å². The third-order valence-corrected chi connectivity index (χ3v) is 12.2. The van der Waals surface area contributed by atoms with E-state index >= 15 is 0 Å². The zero-order chi connectivity index (χ0) is 30.9. The van der Waals surface area contributed by atoms with Crippen LogP contribution in [0.2, 0.25) is 0 Å². The Hall–Kier alpha value is -4.64. The number of allylic oxidation sites excluding steroid dienone is 1. The lowest BCUT2D eigenvalue weighted by Crippen LogP contribution is -3.00. The molecule has 6 aromatic carbocycles. The van der Waals surface area contributed by atoms with Gasteiger partial charge < -0.3 is 29.3 Å². The number of carbonyl (C=O) groups is 2. The Bertz CT molecular complexity index is 1800. The maximum absolute atomic E-state index is 14.8. The summed E-state index contributed by atoms with van der Waals surface area (Å²) in [6.45, 7) is 0. The second kappa shape index (κ2) is 15.6. The van der Waals surface area contributed by atoms with Crippen LogP contribution in [0, 0.1) is 0 Å². The highest BCUT2D eigenvalue weighted by atomic mass is 127. The van der Waals surface area contributed by atoms with Gasteiger partial charge >= 0.3 is 0 Å². The van der Waals surface area contributed by atoms with Crippen LogP contribution in [0.25, 0.3) is 5.31 Å². The summed E-state index contributed by atoms with van der Waals surface area (Å²) < 4.78 is 0. The monoisotopic (exact) mass is 729 g/mol. The molecule has 3 nitrogen and oxygen atoms in total. The van der Waals surface area contributed by atoms with Crippen LogP contribution in [-0.2, 0) is 11.2 Å². The van der Waals surface area contributed by atoms with Gasteiger partial charge in [-0.05, 0) is 54.1 Å². The molecule has 46 heavy (non-hydrogen) atoms. The van der Waals surface area contributed by atoms with Crippen LogP contribution in [-0.4, -0.2) is 11.7 Å². The van der Waals surface area contributed by atoms with Crippen LogP contribution in [0.1, 0.15) is 21.5 Å². The lowest BCUT2D eigenvalue weighted by atomic mass is 10.0. The fourth-order valence-corrected chi connectivity index (χ4v) is 10.4. The molecule has 1 N–H and O–H groups in total. The first-order valence-corrected chi connectivity index (χ1v) is 16.8. The van der Waals surface area contributed by atoms with Crippen molar-refractivity contribution in [2.45, 2.75) is 6.42 Å². The van der Waals surface area contributed by atoms with E-state index in [1.54, 1.807) is 12.1 Å². The highest BCUT2D eigenvalue weighted by Gasteiger charge is 2.52. The number of hydrogen-bond donors (Lipinski definition) is 1. The normalized spacial score (nSPS) is 11.5. The molecule has 0 atom stereocenters. The maximum Gasteiger partial charge on any atom is 0.255 e. The summed E-state index contributed by atoms with van der Waals surface area (Å²) in [5, 5.41) is 7.25. The summed E-state index contributed by atoms with van der Waals surface area (Å²) in [7, 11) is -2.80. The molecule has 6 aromatic rings. The quantitative estimate of drug-likeness (QED) is 0.128. The molecular formula is C41H33INO2P. The Morgan fingerprint density at radius 1 is 0.457 bits per heavy atom. The molecule has 0 heterocycles. The van der Waals surface area contributed by atoms with Gasteiger partial charge in [-0.1, -0.05) is 133 Å². The Morgan fingerprint density at radius 2 is 0.804 bits per heavy atom. The molecule has 0 aliphatic heterocycles. The third-order valence-electron chi connectivity index (χ3n) is 7.81. The van der Waals surface area contributed by atoms with E-state index in [4.69, 9.17) is 0 Å².